The van der Waals surface area contributed by atoms with E-state index in [1.807, 2.05) is 56.3 Å². The predicted octanol–water partition coefficient (Wildman–Crippen LogP) is 2.22. The minimum atomic E-state index is -0.225. The van der Waals surface area contributed by atoms with Gasteiger partial charge in [0.05, 0.1) is 12.8 Å². The van der Waals surface area contributed by atoms with Gasteiger partial charge in [0.25, 0.3) is 5.91 Å². The van der Waals surface area contributed by atoms with E-state index in [1.54, 1.807) is 6.07 Å². The van der Waals surface area contributed by atoms with E-state index >= 15 is 0 Å². The van der Waals surface area contributed by atoms with Crippen LogP contribution in [0.15, 0.2) is 45.9 Å². The maximum atomic E-state index is 11.7. The van der Waals surface area contributed by atoms with Gasteiger partial charge in [-0.25, -0.2) is 5.43 Å². The maximum absolute atomic E-state index is 11.7. The molecule has 0 saturated carbocycles. The Morgan fingerprint density at radius 2 is 2.14 bits per heavy atom. The molecule has 6 nitrogen and oxygen atoms in total. The average molecular weight is 300 g/mol. The van der Waals surface area contributed by atoms with Crippen LogP contribution >= 0.6 is 0 Å². The molecule has 2 aromatic rings. The second kappa shape index (κ2) is 7.31. The fourth-order valence-electron chi connectivity index (χ4n) is 1.80. The monoisotopic (exact) mass is 300 g/mol. The lowest BCUT2D eigenvalue weighted by atomic mass is 10.2. The second-order valence-electron chi connectivity index (χ2n) is 5.09. The van der Waals surface area contributed by atoms with E-state index in [-0.39, 0.29) is 12.5 Å². The number of anilines is 2. The zero-order valence-electron chi connectivity index (χ0n) is 13.0. The minimum absolute atomic E-state index is 0.155. The molecule has 0 bridgehead atoms. The van der Waals surface area contributed by atoms with Crippen LogP contribution in [-0.2, 0) is 4.79 Å². The summed E-state index contributed by atoms with van der Waals surface area (Å²) in [7, 11) is 3.77. The number of rotatable bonds is 6. The van der Waals surface area contributed by atoms with Crippen LogP contribution in [0, 0.1) is 6.92 Å². The fraction of sp³-hybridized carbons (Fsp3) is 0.250. The summed E-state index contributed by atoms with van der Waals surface area (Å²) < 4.78 is 5.48. The summed E-state index contributed by atoms with van der Waals surface area (Å²) in [5, 5.41) is 6.90. The maximum Gasteiger partial charge on any atom is 0.259 e. The number of hydrogen-bond donors (Lipinski definition) is 2. The highest BCUT2D eigenvalue weighted by Crippen LogP contribution is 2.14. The average Bonchev–Trinajstić information content (AvgIpc) is 2.94. The van der Waals surface area contributed by atoms with Gasteiger partial charge < -0.3 is 14.6 Å². The van der Waals surface area contributed by atoms with Crippen molar-refractivity contribution in [3.63, 3.8) is 0 Å². The Bertz CT molecular complexity index is 662. The summed E-state index contributed by atoms with van der Waals surface area (Å²) in [6, 6.07) is 11.4. The number of carbonyl (C=O) groups is 1. The lowest BCUT2D eigenvalue weighted by Gasteiger charge is -2.06. The van der Waals surface area contributed by atoms with Crippen LogP contribution in [0.5, 0.6) is 0 Å². The predicted molar refractivity (Wildman–Crippen MR) is 88.4 cm³/mol. The largest absolute Gasteiger partial charge is 0.440 e. The molecule has 2 rings (SSSR count). The number of furan rings is 1. The van der Waals surface area contributed by atoms with Gasteiger partial charge in [-0.1, -0.05) is 12.1 Å². The van der Waals surface area contributed by atoms with Crippen molar-refractivity contribution < 1.29 is 9.21 Å². The third kappa shape index (κ3) is 4.66. The molecular weight excluding hydrogens is 280 g/mol. The molecule has 0 aliphatic carbocycles. The minimum Gasteiger partial charge on any atom is -0.440 e. The highest BCUT2D eigenvalue weighted by atomic mass is 16.4. The number of carbonyl (C=O) groups excluding carboxylic acids is 1. The number of amides is 1. The van der Waals surface area contributed by atoms with E-state index < -0.39 is 0 Å². The van der Waals surface area contributed by atoms with Crippen molar-refractivity contribution in [1.29, 1.82) is 0 Å². The number of nitrogens with zero attached hydrogens (tertiary/aromatic N) is 2. The first kappa shape index (κ1) is 15.6. The number of benzene rings is 1. The van der Waals surface area contributed by atoms with Gasteiger partial charge in [-0.05, 0) is 30.7 Å². The first-order valence-electron chi connectivity index (χ1n) is 6.94. The number of nitrogens with one attached hydrogen (secondary N) is 2. The van der Waals surface area contributed by atoms with Gasteiger partial charge >= 0.3 is 0 Å². The van der Waals surface area contributed by atoms with Crippen LogP contribution in [-0.4, -0.2) is 32.8 Å². The third-order valence-corrected chi connectivity index (χ3v) is 2.91. The lowest BCUT2D eigenvalue weighted by molar-refractivity contribution is -0.119. The molecule has 0 spiro atoms. The van der Waals surface area contributed by atoms with E-state index in [9.17, 15) is 4.79 Å². The summed E-state index contributed by atoms with van der Waals surface area (Å²) in [6.45, 7) is 2.16. The molecule has 22 heavy (non-hydrogen) atoms. The Labute approximate surface area is 129 Å². The van der Waals surface area contributed by atoms with Gasteiger partial charge in [0.2, 0.25) is 0 Å². The summed E-state index contributed by atoms with van der Waals surface area (Å²) in [6.07, 6.45) is 1.47. The summed E-state index contributed by atoms with van der Waals surface area (Å²) in [4.78, 5) is 13.5. The van der Waals surface area contributed by atoms with E-state index in [2.05, 4.69) is 15.8 Å². The SMILES string of the molecule is Cc1cccc(NCC(=O)N/N=C\c2ccc(N(C)C)o2)c1. The summed E-state index contributed by atoms with van der Waals surface area (Å²) in [5.74, 6) is 1.08. The van der Waals surface area contributed by atoms with Crippen LogP contribution in [0.1, 0.15) is 11.3 Å². The van der Waals surface area contributed by atoms with Crippen molar-refractivity contribution in [3.05, 3.63) is 47.7 Å². The Balaban J connectivity index is 1.78. The molecule has 1 aromatic heterocycles. The van der Waals surface area contributed by atoms with Gasteiger partial charge in [-0.3, -0.25) is 4.79 Å². The smallest absolute Gasteiger partial charge is 0.259 e. The molecule has 0 saturated heterocycles. The molecule has 0 aliphatic rings. The van der Waals surface area contributed by atoms with Gasteiger partial charge in [0.1, 0.15) is 5.76 Å². The van der Waals surface area contributed by atoms with E-state index in [0.717, 1.165) is 17.1 Å². The Morgan fingerprint density at radius 1 is 1.32 bits per heavy atom. The first-order valence-corrected chi connectivity index (χ1v) is 6.94. The lowest BCUT2D eigenvalue weighted by Crippen LogP contribution is -2.25. The third-order valence-electron chi connectivity index (χ3n) is 2.91. The molecule has 0 fully saturated rings. The molecule has 1 heterocycles. The van der Waals surface area contributed by atoms with E-state index in [4.69, 9.17) is 4.42 Å². The normalized spacial score (nSPS) is 10.7. The first-order chi connectivity index (χ1) is 10.5. The number of hydrazone groups is 1. The topological polar surface area (TPSA) is 69.9 Å². The molecule has 116 valence electrons. The van der Waals surface area contributed by atoms with Crippen LogP contribution in [0.3, 0.4) is 0 Å². The van der Waals surface area contributed by atoms with Crippen LogP contribution in [0.2, 0.25) is 0 Å². The van der Waals surface area contributed by atoms with Gasteiger partial charge in [-0.2, -0.15) is 5.10 Å². The zero-order chi connectivity index (χ0) is 15.9. The molecule has 6 heteroatoms. The van der Waals surface area contributed by atoms with Crippen molar-refractivity contribution in [2.75, 3.05) is 30.9 Å². The van der Waals surface area contributed by atoms with E-state index in [1.165, 1.54) is 6.21 Å². The Morgan fingerprint density at radius 3 is 2.82 bits per heavy atom. The van der Waals surface area contributed by atoms with Crippen molar-refractivity contribution in [1.82, 2.24) is 5.43 Å². The summed E-state index contributed by atoms with van der Waals surface area (Å²) in [5.41, 5.74) is 4.49. The van der Waals surface area contributed by atoms with Crippen molar-refractivity contribution >= 4 is 23.7 Å². The van der Waals surface area contributed by atoms with Crippen molar-refractivity contribution in [3.8, 4) is 0 Å². The molecule has 2 N–H and O–H groups in total. The van der Waals surface area contributed by atoms with Gasteiger partial charge in [-0.15, -0.1) is 0 Å². The summed E-state index contributed by atoms with van der Waals surface area (Å²) >= 11 is 0. The highest BCUT2D eigenvalue weighted by Gasteiger charge is 2.02. The highest BCUT2D eigenvalue weighted by molar-refractivity contribution is 5.83. The molecule has 1 aromatic carbocycles. The zero-order valence-corrected chi connectivity index (χ0v) is 13.0. The van der Waals surface area contributed by atoms with Gasteiger partial charge in [0.15, 0.2) is 5.88 Å². The molecule has 0 atom stereocenters. The van der Waals surface area contributed by atoms with Crippen LogP contribution in [0.4, 0.5) is 11.6 Å². The molecule has 1 amide bonds. The van der Waals surface area contributed by atoms with Gasteiger partial charge in [0, 0.05) is 25.8 Å². The number of aryl methyl sites for hydroxylation is 1. The van der Waals surface area contributed by atoms with Crippen LogP contribution < -0.4 is 15.6 Å². The molecule has 0 unspecified atom stereocenters. The quantitative estimate of drug-likeness (QED) is 0.634. The molecule has 0 aliphatic heterocycles. The van der Waals surface area contributed by atoms with E-state index in [0.29, 0.717) is 5.76 Å². The number of hydrogen-bond acceptors (Lipinski definition) is 5. The standard InChI is InChI=1S/C16H20N4O2/c1-12-5-4-6-13(9-12)17-11-15(21)19-18-10-14-7-8-16(22-14)20(2)3/h4-10,17H,11H2,1-3H3,(H,19,21)/b18-10-. The molecular formula is C16H20N4O2. The fourth-order valence-corrected chi connectivity index (χ4v) is 1.80. The Hall–Kier alpha value is -2.76. The van der Waals surface area contributed by atoms with Crippen molar-refractivity contribution in [2.24, 2.45) is 5.10 Å². The van der Waals surface area contributed by atoms with Crippen LogP contribution in [0.25, 0.3) is 0 Å². The Kier molecular flexibility index (Phi) is 5.19. The second-order valence-corrected chi connectivity index (χ2v) is 5.09. The molecule has 0 radical (unpaired) electrons. The van der Waals surface area contributed by atoms with Crippen molar-refractivity contribution in [2.45, 2.75) is 6.92 Å².